The van der Waals surface area contributed by atoms with Crippen molar-refractivity contribution < 1.29 is 9.53 Å². The number of methoxy groups -OCH3 is 1. The fraction of sp³-hybridized carbons (Fsp3) is 0.231. The van der Waals surface area contributed by atoms with Gasteiger partial charge in [-0.15, -0.1) is 11.3 Å². The lowest BCUT2D eigenvalue weighted by Gasteiger charge is -2.00. The van der Waals surface area contributed by atoms with Crippen LogP contribution in [0.1, 0.15) is 20.9 Å². The molecule has 0 fully saturated rings. The second-order valence-corrected chi connectivity index (χ2v) is 5.74. The third-order valence-corrected chi connectivity index (χ3v) is 4.65. The van der Waals surface area contributed by atoms with Crippen LogP contribution >= 0.6 is 27.3 Å². The molecule has 0 saturated heterocycles. The number of hydrogen-bond donors (Lipinski definition) is 0. The molecule has 0 aliphatic rings. The van der Waals surface area contributed by atoms with Crippen LogP contribution < -0.4 is 0 Å². The maximum atomic E-state index is 11.5. The summed E-state index contributed by atoms with van der Waals surface area (Å²) < 4.78 is 5.80. The molecular formula is C13H12BrNO2S. The molecule has 0 saturated carbocycles. The van der Waals surface area contributed by atoms with Gasteiger partial charge in [-0.3, -0.25) is 0 Å². The monoisotopic (exact) mass is 325 g/mol. The zero-order chi connectivity index (χ0) is 13.3. The quantitative estimate of drug-likeness (QED) is 0.784. The number of aromatic nitrogens is 1. The summed E-state index contributed by atoms with van der Waals surface area (Å²) in [5.74, 6) is -0.329. The molecule has 0 spiro atoms. The Morgan fingerprint density at radius 1 is 1.39 bits per heavy atom. The lowest BCUT2D eigenvalue weighted by Crippen LogP contribution is -1.99. The minimum absolute atomic E-state index is 0.329. The molecule has 0 unspecified atom stereocenters. The summed E-state index contributed by atoms with van der Waals surface area (Å²) in [5, 5.41) is 0.837. The second kappa shape index (κ2) is 5.20. The predicted molar refractivity (Wildman–Crippen MR) is 76.1 cm³/mol. The van der Waals surface area contributed by atoms with Crippen LogP contribution in [0.3, 0.4) is 0 Å². The lowest BCUT2D eigenvalue weighted by atomic mass is 10.1. The van der Waals surface area contributed by atoms with Gasteiger partial charge in [-0.1, -0.05) is 22.0 Å². The van der Waals surface area contributed by atoms with Crippen LogP contribution in [-0.2, 0) is 4.74 Å². The number of nitrogens with zero attached hydrogens (tertiary/aromatic N) is 1. The largest absolute Gasteiger partial charge is 0.465 e. The number of carbonyl (C=O) groups is 1. The molecule has 3 nitrogen and oxygen atoms in total. The molecule has 0 radical (unpaired) electrons. The van der Waals surface area contributed by atoms with Crippen molar-refractivity contribution in [2.75, 3.05) is 7.11 Å². The Morgan fingerprint density at radius 3 is 2.72 bits per heavy atom. The van der Waals surface area contributed by atoms with E-state index in [-0.39, 0.29) is 5.97 Å². The van der Waals surface area contributed by atoms with Crippen molar-refractivity contribution in [3.63, 3.8) is 0 Å². The van der Waals surface area contributed by atoms with E-state index >= 15 is 0 Å². The molecule has 5 heteroatoms. The smallest absolute Gasteiger partial charge is 0.349 e. The van der Waals surface area contributed by atoms with Crippen LogP contribution in [0, 0.1) is 13.8 Å². The minimum atomic E-state index is -0.329. The summed E-state index contributed by atoms with van der Waals surface area (Å²) in [6.45, 7) is 3.84. The van der Waals surface area contributed by atoms with E-state index in [2.05, 4.69) is 20.9 Å². The first-order valence-electron chi connectivity index (χ1n) is 5.35. The van der Waals surface area contributed by atoms with Gasteiger partial charge < -0.3 is 4.74 Å². The summed E-state index contributed by atoms with van der Waals surface area (Å²) in [6.07, 6.45) is 0. The number of aryl methyl sites for hydroxylation is 2. The van der Waals surface area contributed by atoms with Crippen molar-refractivity contribution in [2.24, 2.45) is 0 Å². The van der Waals surface area contributed by atoms with Gasteiger partial charge in [-0.25, -0.2) is 9.78 Å². The van der Waals surface area contributed by atoms with Gasteiger partial charge in [0.1, 0.15) is 9.88 Å². The number of benzene rings is 1. The fourth-order valence-corrected chi connectivity index (χ4v) is 2.81. The van der Waals surface area contributed by atoms with Gasteiger partial charge >= 0.3 is 5.97 Å². The van der Waals surface area contributed by atoms with Gasteiger partial charge in [-0.2, -0.15) is 0 Å². The summed E-state index contributed by atoms with van der Waals surface area (Å²) in [6, 6.07) is 6.01. The molecule has 94 valence electrons. The van der Waals surface area contributed by atoms with Gasteiger partial charge in [-0.05, 0) is 31.5 Å². The number of esters is 1. The Balaban J connectivity index is 2.45. The van der Waals surface area contributed by atoms with E-state index in [1.165, 1.54) is 18.4 Å². The van der Waals surface area contributed by atoms with Gasteiger partial charge in [0, 0.05) is 10.0 Å². The lowest BCUT2D eigenvalue weighted by molar-refractivity contribution is 0.0605. The zero-order valence-electron chi connectivity index (χ0n) is 10.3. The van der Waals surface area contributed by atoms with E-state index in [0.29, 0.717) is 10.6 Å². The van der Waals surface area contributed by atoms with Crippen LogP contribution in [-0.4, -0.2) is 18.1 Å². The summed E-state index contributed by atoms with van der Waals surface area (Å²) in [5.41, 5.74) is 2.86. The highest BCUT2D eigenvalue weighted by atomic mass is 79.9. The summed E-state index contributed by atoms with van der Waals surface area (Å²) in [4.78, 5) is 16.5. The molecule has 0 aliphatic carbocycles. The van der Waals surface area contributed by atoms with E-state index in [1.807, 2.05) is 32.0 Å². The molecule has 1 aromatic heterocycles. The van der Waals surface area contributed by atoms with Gasteiger partial charge in [0.15, 0.2) is 0 Å². The molecule has 18 heavy (non-hydrogen) atoms. The predicted octanol–water partition coefficient (Wildman–Crippen LogP) is 3.98. The Labute approximate surface area is 118 Å². The highest BCUT2D eigenvalue weighted by Crippen LogP contribution is 2.30. The summed E-state index contributed by atoms with van der Waals surface area (Å²) in [7, 11) is 1.38. The maximum absolute atomic E-state index is 11.5. The molecule has 2 aromatic rings. The highest BCUT2D eigenvalue weighted by molar-refractivity contribution is 9.10. The van der Waals surface area contributed by atoms with Gasteiger partial charge in [0.05, 0.1) is 12.8 Å². The van der Waals surface area contributed by atoms with Crippen LogP contribution in [0.5, 0.6) is 0 Å². The topological polar surface area (TPSA) is 39.2 Å². The van der Waals surface area contributed by atoms with Crippen molar-refractivity contribution in [1.82, 2.24) is 4.98 Å². The number of hydrogen-bond acceptors (Lipinski definition) is 4. The zero-order valence-corrected chi connectivity index (χ0v) is 12.7. The number of halogens is 1. The van der Waals surface area contributed by atoms with E-state index < -0.39 is 0 Å². The highest BCUT2D eigenvalue weighted by Gasteiger charge is 2.16. The van der Waals surface area contributed by atoms with E-state index in [9.17, 15) is 4.79 Å². The van der Waals surface area contributed by atoms with E-state index in [4.69, 9.17) is 4.74 Å². The fourth-order valence-electron chi connectivity index (χ4n) is 1.58. The molecule has 0 aliphatic heterocycles. The molecule has 0 amide bonds. The average Bonchev–Trinajstić information content (AvgIpc) is 2.74. The molecular weight excluding hydrogens is 314 g/mol. The van der Waals surface area contributed by atoms with Crippen molar-refractivity contribution in [1.29, 1.82) is 0 Å². The van der Waals surface area contributed by atoms with Crippen LogP contribution in [0.2, 0.25) is 0 Å². The number of rotatable bonds is 2. The number of ether oxygens (including phenoxy) is 1. The third-order valence-electron chi connectivity index (χ3n) is 2.57. The van der Waals surface area contributed by atoms with E-state index in [0.717, 1.165) is 20.6 Å². The first-order valence-corrected chi connectivity index (χ1v) is 6.96. The number of carbonyl (C=O) groups excluding carboxylic acids is 1. The first kappa shape index (κ1) is 13.2. The Hall–Kier alpha value is -1.20. The van der Waals surface area contributed by atoms with E-state index in [1.54, 1.807) is 0 Å². The van der Waals surface area contributed by atoms with Gasteiger partial charge in [0.25, 0.3) is 0 Å². The maximum Gasteiger partial charge on any atom is 0.349 e. The second-order valence-electron chi connectivity index (χ2n) is 3.89. The third kappa shape index (κ3) is 2.47. The van der Waals surface area contributed by atoms with Gasteiger partial charge in [0.2, 0.25) is 0 Å². The SMILES string of the molecule is COC(=O)c1sc(-c2ccc(Br)c(C)c2)nc1C. The average molecular weight is 326 g/mol. The van der Waals surface area contributed by atoms with Crippen molar-refractivity contribution in [3.05, 3.63) is 38.8 Å². The molecule has 0 atom stereocenters. The van der Waals surface area contributed by atoms with Crippen molar-refractivity contribution in [2.45, 2.75) is 13.8 Å². The molecule has 1 aromatic carbocycles. The molecule has 1 heterocycles. The minimum Gasteiger partial charge on any atom is -0.465 e. The van der Waals surface area contributed by atoms with Crippen molar-refractivity contribution in [3.8, 4) is 10.6 Å². The Morgan fingerprint density at radius 2 is 2.11 bits per heavy atom. The number of thiazole rings is 1. The normalized spacial score (nSPS) is 10.4. The summed E-state index contributed by atoms with van der Waals surface area (Å²) >= 11 is 4.82. The molecule has 2 rings (SSSR count). The molecule has 0 N–H and O–H groups in total. The Kier molecular flexibility index (Phi) is 3.82. The van der Waals surface area contributed by atoms with Crippen LogP contribution in [0.4, 0.5) is 0 Å². The first-order chi connectivity index (χ1) is 8.52. The molecule has 0 bridgehead atoms. The van der Waals surface area contributed by atoms with Crippen LogP contribution in [0.15, 0.2) is 22.7 Å². The van der Waals surface area contributed by atoms with Crippen molar-refractivity contribution >= 4 is 33.2 Å². The standard InChI is InChI=1S/C13H12BrNO2S/c1-7-6-9(4-5-10(7)14)12-15-8(2)11(18-12)13(16)17-3/h4-6H,1-3H3. The Bertz CT molecular complexity index is 607. The van der Waals surface area contributed by atoms with Crippen LogP contribution in [0.25, 0.3) is 10.6 Å².